The second-order valence-corrected chi connectivity index (χ2v) is 6.98. The quantitative estimate of drug-likeness (QED) is 0.901. The van der Waals surface area contributed by atoms with Crippen LogP contribution in [0.2, 0.25) is 0 Å². The number of carbonyl (C=O) groups is 2. The predicted molar refractivity (Wildman–Crippen MR) is 99.7 cm³/mol. The maximum Gasteiger partial charge on any atom is 0.416 e. The van der Waals surface area contributed by atoms with E-state index in [0.29, 0.717) is 13.1 Å². The van der Waals surface area contributed by atoms with Crippen molar-refractivity contribution in [1.82, 2.24) is 14.8 Å². The molecule has 0 bridgehead atoms. The Bertz CT molecular complexity index is 914. The van der Waals surface area contributed by atoms with Gasteiger partial charge in [-0.2, -0.15) is 0 Å². The number of methoxy groups -OCH3 is 1. The number of imide groups is 1. The third-order valence-electron chi connectivity index (χ3n) is 5.56. The lowest BCUT2D eigenvalue weighted by atomic mass is 9.79. The highest BCUT2D eigenvalue weighted by Crippen LogP contribution is 2.40. The first-order valence-corrected chi connectivity index (χ1v) is 8.95. The molecule has 0 spiro atoms. The van der Waals surface area contributed by atoms with Gasteiger partial charge in [-0.3, -0.25) is 9.69 Å². The highest BCUT2D eigenvalue weighted by Gasteiger charge is 2.37. The van der Waals surface area contributed by atoms with Gasteiger partial charge in [-0.15, -0.1) is 0 Å². The Balaban J connectivity index is 1.77. The number of fused-ring (bicyclic) bond motifs is 2. The van der Waals surface area contributed by atoms with Crippen molar-refractivity contribution in [2.45, 2.75) is 19.4 Å². The summed E-state index contributed by atoms with van der Waals surface area (Å²) in [6, 6.07) is 6.49. The Morgan fingerprint density at radius 2 is 2.19 bits per heavy atom. The van der Waals surface area contributed by atoms with Gasteiger partial charge < -0.3 is 9.72 Å². The second-order valence-electron chi connectivity index (χ2n) is 6.98. The molecule has 136 valence electrons. The lowest BCUT2D eigenvalue weighted by molar-refractivity contribution is -0.132. The van der Waals surface area contributed by atoms with Crippen LogP contribution >= 0.6 is 0 Å². The van der Waals surface area contributed by atoms with Gasteiger partial charge in [0.25, 0.3) is 0 Å². The Kier molecular flexibility index (Phi) is 4.07. The number of aromatic amines is 1. The summed E-state index contributed by atoms with van der Waals surface area (Å²) in [5.41, 5.74) is 4.80. The largest absolute Gasteiger partial charge is 0.452 e. The van der Waals surface area contributed by atoms with Gasteiger partial charge in [0.2, 0.25) is 5.91 Å². The summed E-state index contributed by atoms with van der Waals surface area (Å²) in [5.74, 6) is -0.565. The molecule has 0 radical (unpaired) electrons. The number of rotatable bonds is 2. The van der Waals surface area contributed by atoms with Gasteiger partial charge in [-0.1, -0.05) is 18.2 Å². The molecular weight excluding hydrogens is 330 g/mol. The van der Waals surface area contributed by atoms with Gasteiger partial charge in [-0.05, 0) is 43.2 Å². The molecule has 2 atom stereocenters. The number of amides is 2. The van der Waals surface area contributed by atoms with E-state index in [-0.39, 0.29) is 17.9 Å². The number of nitrogens with zero attached hydrogens (tertiary/aromatic N) is 2. The standard InChI is InChI=1S/C20H23N3O3/c1-4-23(20(25)26-3)19(24)13-8-15-14-6-5-7-16-18(14)12(10-21-16)9-17(15)22(2)11-13/h5-8,10,13,17,21H,4,9,11H2,1-3H3. The van der Waals surface area contributed by atoms with Crippen molar-refractivity contribution in [3.8, 4) is 0 Å². The number of nitrogens with one attached hydrogen (secondary N) is 1. The van der Waals surface area contributed by atoms with Crippen LogP contribution in [0.5, 0.6) is 0 Å². The number of hydrogen-bond acceptors (Lipinski definition) is 4. The molecule has 2 amide bonds. The van der Waals surface area contributed by atoms with Gasteiger partial charge in [0.1, 0.15) is 0 Å². The first-order valence-electron chi connectivity index (χ1n) is 8.95. The summed E-state index contributed by atoms with van der Waals surface area (Å²) in [6.07, 6.45) is 4.48. The minimum Gasteiger partial charge on any atom is -0.452 e. The van der Waals surface area contributed by atoms with Crippen molar-refractivity contribution in [3.63, 3.8) is 0 Å². The van der Waals surface area contributed by atoms with Crippen LogP contribution in [0.4, 0.5) is 4.79 Å². The first-order chi connectivity index (χ1) is 12.5. The highest BCUT2D eigenvalue weighted by molar-refractivity contribution is 6.00. The molecule has 2 heterocycles. The van der Waals surface area contributed by atoms with Crippen LogP contribution in [0.15, 0.2) is 30.5 Å². The molecule has 1 aromatic carbocycles. The number of carbonyl (C=O) groups excluding carboxylic acids is 2. The van der Waals surface area contributed by atoms with Crippen molar-refractivity contribution >= 4 is 28.5 Å². The first kappa shape index (κ1) is 16.8. The van der Waals surface area contributed by atoms with Gasteiger partial charge in [0.15, 0.2) is 0 Å². The molecule has 2 aliphatic rings. The Hall–Kier alpha value is -2.60. The van der Waals surface area contributed by atoms with Crippen LogP contribution in [-0.4, -0.2) is 60.1 Å². The van der Waals surface area contributed by atoms with Gasteiger partial charge in [0.05, 0.1) is 13.0 Å². The molecule has 2 aromatic rings. The fraction of sp³-hybridized carbons (Fsp3) is 0.400. The average Bonchev–Trinajstić information content (AvgIpc) is 3.07. The molecule has 2 unspecified atom stereocenters. The lowest BCUT2D eigenvalue weighted by Gasteiger charge is -2.40. The highest BCUT2D eigenvalue weighted by atomic mass is 16.5. The van der Waals surface area contributed by atoms with E-state index in [1.165, 1.54) is 34.1 Å². The number of ether oxygens (including phenoxy) is 1. The van der Waals surface area contributed by atoms with E-state index >= 15 is 0 Å². The monoisotopic (exact) mass is 353 g/mol. The topological polar surface area (TPSA) is 65.6 Å². The molecule has 1 aliphatic heterocycles. The average molecular weight is 353 g/mol. The summed E-state index contributed by atoms with van der Waals surface area (Å²) in [4.78, 5) is 31.6. The molecule has 6 heteroatoms. The summed E-state index contributed by atoms with van der Waals surface area (Å²) in [5, 5.41) is 1.25. The van der Waals surface area contributed by atoms with Crippen LogP contribution in [0, 0.1) is 5.92 Å². The van der Waals surface area contributed by atoms with E-state index in [4.69, 9.17) is 4.74 Å². The second kappa shape index (κ2) is 6.29. The zero-order valence-electron chi connectivity index (χ0n) is 15.3. The van der Waals surface area contributed by atoms with Crippen molar-refractivity contribution in [1.29, 1.82) is 0 Å². The minimum absolute atomic E-state index is 0.204. The number of H-pyrrole nitrogens is 1. The molecule has 4 rings (SSSR count). The van der Waals surface area contributed by atoms with Crippen molar-refractivity contribution < 1.29 is 14.3 Å². The third-order valence-corrected chi connectivity index (χ3v) is 5.56. The lowest BCUT2D eigenvalue weighted by Crippen LogP contribution is -2.48. The van der Waals surface area contributed by atoms with Crippen LogP contribution in [0.25, 0.3) is 16.5 Å². The summed E-state index contributed by atoms with van der Waals surface area (Å²) >= 11 is 0. The molecule has 1 aromatic heterocycles. The molecule has 0 saturated carbocycles. The molecule has 1 aliphatic carbocycles. The summed E-state index contributed by atoms with van der Waals surface area (Å²) in [7, 11) is 3.35. The predicted octanol–water partition coefficient (Wildman–Crippen LogP) is 2.65. The van der Waals surface area contributed by atoms with E-state index in [0.717, 1.165) is 11.9 Å². The smallest absolute Gasteiger partial charge is 0.416 e. The maximum absolute atomic E-state index is 12.9. The number of benzene rings is 1. The van der Waals surface area contributed by atoms with Gasteiger partial charge >= 0.3 is 6.09 Å². The van der Waals surface area contributed by atoms with Crippen molar-refractivity contribution in [3.05, 3.63) is 41.6 Å². The number of likely N-dealkylation sites (N-methyl/N-ethyl adjacent to an activating group) is 1. The number of aromatic nitrogens is 1. The maximum atomic E-state index is 12.9. The third kappa shape index (κ3) is 2.44. The normalized spacial score (nSPS) is 21.9. The van der Waals surface area contributed by atoms with E-state index in [1.54, 1.807) is 6.92 Å². The minimum atomic E-state index is -0.598. The SMILES string of the molecule is CCN(C(=O)OC)C(=O)C1C=C2c3cccc4[nH]cc(c34)CC2N(C)C1. The zero-order chi connectivity index (χ0) is 18.4. The molecule has 6 nitrogen and oxygen atoms in total. The molecule has 0 fully saturated rings. The molecular formula is C20H23N3O3. The zero-order valence-corrected chi connectivity index (χ0v) is 15.3. The van der Waals surface area contributed by atoms with Crippen molar-refractivity contribution in [2.24, 2.45) is 5.92 Å². The summed E-state index contributed by atoms with van der Waals surface area (Å²) in [6.45, 7) is 2.68. The fourth-order valence-corrected chi connectivity index (χ4v) is 4.29. The van der Waals surface area contributed by atoms with Gasteiger partial charge in [-0.25, -0.2) is 9.69 Å². The Morgan fingerprint density at radius 1 is 1.38 bits per heavy atom. The van der Waals surface area contributed by atoms with Crippen LogP contribution < -0.4 is 0 Å². The van der Waals surface area contributed by atoms with E-state index in [9.17, 15) is 9.59 Å². The summed E-state index contributed by atoms with van der Waals surface area (Å²) < 4.78 is 4.76. The van der Waals surface area contributed by atoms with E-state index in [1.807, 2.05) is 13.1 Å². The van der Waals surface area contributed by atoms with Gasteiger partial charge in [0, 0.05) is 36.2 Å². The van der Waals surface area contributed by atoms with E-state index < -0.39 is 6.09 Å². The molecule has 0 saturated heterocycles. The Morgan fingerprint density at radius 3 is 2.92 bits per heavy atom. The van der Waals surface area contributed by atoms with Crippen molar-refractivity contribution in [2.75, 3.05) is 27.2 Å². The Labute approximate surface area is 152 Å². The molecule has 26 heavy (non-hydrogen) atoms. The number of hydrogen-bond donors (Lipinski definition) is 1. The fourth-order valence-electron chi connectivity index (χ4n) is 4.29. The van der Waals surface area contributed by atoms with Crippen LogP contribution in [0.3, 0.4) is 0 Å². The van der Waals surface area contributed by atoms with E-state index in [2.05, 4.69) is 34.3 Å². The van der Waals surface area contributed by atoms with Crippen LogP contribution in [-0.2, 0) is 16.0 Å². The van der Waals surface area contributed by atoms with Crippen LogP contribution in [0.1, 0.15) is 18.1 Å². The molecule has 1 N–H and O–H groups in total.